The lowest BCUT2D eigenvalue weighted by Crippen LogP contribution is -2.39. The molecule has 178 valence electrons. The van der Waals surface area contributed by atoms with Crippen molar-refractivity contribution >= 4 is 17.8 Å². The molecule has 1 N–H and O–H groups in total. The standard InChI is InChI=1S/C28H27FN4O2/c1-3-32(27(35)16-21-10-6-4-7-11-21)19-26(34)31-28-30-25(22-12-8-5-9-13-22)18-33(28)23-15-14-20(2)24(29)17-23/h4-15,17-18H,3,16,19H2,1-2H3,(H,30,31,34). The van der Waals surface area contributed by atoms with Gasteiger partial charge in [-0.05, 0) is 37.1 Å². The zero-order chi connectivity index (χ0) is 24.8. The number of carbonyl (C=O) groups excluding carboxylic acids is 2. The minimum Gasteiger partial charge on any atom is -0.333 e. The highest BCUT2D eigenvalue weighted by Gasteiger charge is 2.19. The second kappa shape index (κ2) is 10.8. The van der Waals surface area contributed by atoms with Gasteiger partial charge in [-0.3, -0.25) is 19.5 Å². The molecule has 3 aromatic carbocycles. The lowest BCUT2D eigenvalue weighted by atomic mass is 10.1. The number of nitrogens with zero attached hydrogens (tertiary/aromatic N) is 3. The molecule has 7 heteroatoms. The largest absolute Gasteiger partial charge is 0.333 e. The Morgan fingerprint density at radius 2 is 1.69 bits per heavy atom. The van der Waals surface area contributed by atoms with E-state index in [4.69, 9.17) is 0 Å². The van der Waals surface area contributed by atoms with Crippen LogP contribution in [-0.2, 0) is 16.0 Å². The smallest absolute Gasteiger partial charge is 0.246 e. The Labute approximate surface area is 204 Å². The van der Waals surface area contributed by atoms with Crippen LogP contribution in [0.1, 0.15) is 18.1 Å². The molecule has 1 aromatic heterocycles. The highest BCUT2D eigenvalue weighted by molar-refractivity contribution is 5.94. The number of aromatic nitrogens is 2. The Hall–Kier alpha value is -4.26. The van der Waals surface area contributed by atoms with Crippen LogP contribution in [0.15, 0.2) is 85.1 Å². The minimum absolute atomic E-state index is 0.113. The molecule has 0 saturated heterocycles. The normalized spacial score (nSPS) is 10.7. The van der Waals surface area contributed by atoms with Crippen molar-refractivity contribution in [2.24, 2.45) is 0 Å². The van der Waals surface area contributed by atoms with Crippen molar-refractivity contribution in [2.75, 3.05) is 18.4 Å². The van der Waals surface area contributed by atoms with Crippen molar-refractivity contribution in [3.63, 3.8) is 0 Å². The summed E-state index contributed by atoms with van der Waals surface area (Å²) in [7, 11) is 0. The van der Waals surface area contributed by atoms with Gasteiger partial charge < -0.3 is 4.90 Å². The number of likely N-dealkylation sites (N-methyl/N-ethyl adjacent to an activating group) is 1. The van der Waals surface area contributed by atoms with Crippen molar-refractivity contribution in [1.29, 1.82) is 0 Å². The molecule has 0 spiro atoms. The first-order valence-corrected chi connectivity index (χ1v) is 11.5. The van der Waals surface area contributed by atoms with Gasteiger partial charge in [0.05, 0.1) is 24.3 Å². The highest BCUT2D eigenvalue weighted by Crippen LogP contribution is 2.25. The fourth-order valence-corrected chi connectivity index (χ4v) is 3.74. The van der Waals surface area contributed by atoms with Crippen LogP contribution >= 0.6 is 0 Å². The van der Waals surface area contributed by atoms with E-state index in [9.17, 15) is 14.0 Å². The van der Waals surface area contributed by atoms with Gasteiger partial charge in [0.2, 0.25) is 17.8 Å². The van der Waals surface area contributed by atoms with Gasteiger partial charge in [0.15, 0.2) is 0 Å². The fraction of sp³-hybridized carbons (Fsp3) is 0.179. The van der Waals surface area contributed by atoms with Crippen LogP contribution in [0.25, 0.3) is 16.9 Å². The lowest BCUT2D eigenvalue weighted by molar-refractivity contribution is -0.133. The number of hydrogen-bond acceptors (Lipinski definition) is 3. The number of hydrogen-bond donors (Lipinski definition) is 1. The number of benzene rings is 3. The molecule has 2 amide bonds. The Morgan fingerprint density at radius 1 is 1.00 bits per heavy atom. The summed E-state index contributed by atoms with van der Waals surface area (Å²) in [5.74, 6) is -0.614. The first kappa shape index (κ1) is 23.9. The van der Waals surface area contributed by atoms with Gasteiger partial charge >= 0.3 is 0 Å². The maximum atomic E-state index is 14.3. The van der Waals surface area contributed by atoms with Gasteiger partial charge in [-0.2, -0.15) is 0 Å². The van der Waals surface area contributed by atoms with E-state index in [1.807, 2.05) is 67.6 Å². The van der Waals surface area contributed by atoms with E-state index in [0.717, 1.165) is 11.1 Å². The van der Waals surface area contributed by atoms with Crippen molar-refractivity contribution in [2.45, 2.75) is 20.3 Å². The molecule has 0 aliphatic heterocycles. The van der Waals surface area contributed by atoms with E-state index in [0.29, 0.717) is 23.5 Å². The zero-order valence-corrected chi connectivity index (χ0v) is 19.7. The monoisotopic (exact) mass is 470 g/mol. The second-order valence-corrected chi connectivity index (χ2v) is 8.24. The van der Waals surface area contributed by atoms with Crippen LogP contribution in [0.2, 0.25) is 0 Å². The lowest BCUT2D eigenvalue weighted by Gasteiger charge is -2.20. The first-order chi connectivity index (χ1) is 16.9. The third-order valence-electron chi connectivity index (χ3n) is 5.73. The predicted molar refractivity (Wildman–Crippen MR) is 135 cm³/mol. The molecule has 0 unspecified atom stereocenters. The topological polar surface area (TPSA) is 67.2 Å². The molecule has 1 heterocycles. The molecule has 0 fully saturated rings. The van der Waals surface area contributed by atoms with Gasteiger partial charge in [-0.15, -0.1) is 0 Å². The number of rotatable bonds is 8. The van der Waals surface area contributed by atoms with Crippen LogP contribution in [0, 0.1) is 12.7 Å². The Kier molecular flexibility index (Phi) is 7.35. The summed E-state index contributed by atoms with van der Waals surface area (Å²) in [6.45, 7) is 3.81. The van der Waals surface area contributed by atoms with Gasteiger partial charge in [-0.1, -0.05) is 66.7 Å². The first-order valence-electron chi connectivity index (χ1n) is 11.5. The Morgan fingerprint density at radius 3 is 2.34 bits per heavy atom. The van der Waals surface area contributed by atoms with Crippen molar-refractivity contribution in [3.8, 4) is 16.9 Å². The van der Waals surface area contributed by atoms with Crippen molar-refractivity contribution < 1.29 is 14.0 Å². The van der Waals surface area contributed by atoms with Crippen LogP contribution in [0.5, 0.6) is 0 Å². The van der Waals surface area contributed by atoms with Gasteiger partial charge in [0, 0.05) is 18.3 Å². The maximum absolute atomic E-state index is 14.3. The van der Waals surface area contributed by atoms with E-state index < -0.39 is 0 Å². The summed E-state index contributed by atoms with van der Waals surface area (Å²) in [5.41, 5.74) is 3.45. The molecule has 4 aromatic rings. The Bertz CT molecular complexity index is 1320. The molecule has 0 bridgehead atoms. The summed E-state index contributed by atoms with van der Waals surface area (Å²) < 4.78 is 16.0. The molecule has 0 aliphatic rings. The van der Waals surface area contributed by atoms with Crippen molar-refractivity contribution in [1.82, 2.24) is 14.5 Å². The number of nitrogens with one attached hydrogen (secondary N) is 1. The van der Waals surface area contributed by atoms with Crippen LogP contribution in [-0.4, -0.2) is 39.4 Å². The number of aryl methyl sites for hydroxylation is 1. The molecule has 6 nitrogen and oxygen atoms in total. The predicted octanol–water partition coefficient (Wildman–Crippen LogP) is 5.02. The van der Waals surface area contributed by atoms with E-state index in [1.165, 1.54) is 11.0 Å². The Balaban J connectivity index is 1.57. The van der Waals surface area contributed by atoms with E-state index in [-0.39, 0.29) is 36.5 Å². The van der Waals surface area contributed by atoms with Crippen LogP contribution in [0.3, 0.4) is 0 Å². The van der Waals surface area contributed by atoms with Gasteiger partial charge in [0.25, 0.3) is 0 Å². The highest BCUT2D eigenvalue weighted by atomic mass is 19.1. The molecule has 0 saturated carbocycles. The number of anilines is 1. The van der Waals surface area contributed by atoms with Gasteiger partial charge in [0.1, 0.15) is 5.82 Å². The van der Waals surface area contributed by atoms with Gasteiger partial charge in [-0.25, -0.2) is 9.37 Å². The van der Waals surface area contributed by atoms with E-state index in [2.05, 4.69) is 10.3 Å². The summed E-state index contributed by atoms with van der Waals surface area (Å²) in [4.78, 5) is 31.8. The summed E-state index contributed by atoms with van der Waals surface area (Å²) >= 11 is 0. The summed E-state index contributed by atoms with van der Waals surface area (Å²) in [5, 5.41) is 2.81. The molecular formula is C28H27FN4O2. The van der Waals surface area contributed by atoms with Crippen LogP contribution in [0.4, 0.5) is 10.3 Å². The average Bonchev–Trinajstić information content (AvgIpc) is 3.29. The quantitative estimate of drug-likeness (QED) is 0.393. The molecular weight excluding hydrogens is 443 g/mol. The summed E-state index contributed by atoms with van der Waals surface area (Å²) in [6, 6.07) is 23.8. The van der Waals surface area contributed by atoms with Crippen LogP contribution < -0.4 is 5.32 Å². The average molecular weight is 471 g/mol. The number of carbonyl (C=O) groups is 2. The summed E-state index contributed by atoms with van der Waals surface area (Å²) in [6.07, 6.45) is 1.98. The zero-order valence-electron chi connectivity index (χ0n) is 19.7. The number of halogens is 1. The SMILES string of the molecule is CCN(CC(=O)Nc1nc(-c2ccccc2)cn1-c1ccc(C)c(F)c1)C(=O)Cc1ccccc1. The second-order valence-electron chi connectivity index (χ2n) is 8.24. The van der Waals surface area contributed by atoms with E-state index in [1.54, 1.807) is 29.8 Å². The van der Waals surface area contributed by atoms with Crippen molar-refractivity contribution in [3.05, 3.63) is 102 Å². The third kappa shape index (κ3) is 5.81. The molecule has 0 radical (unpaired) electrons. The fourth-order valence-electron chi connectivity index (χ4n) is 3.74. The third-order valence-corrected chi connectivity index (χ3v) is 5.73. The number of imidazole rings is 1. The molecule has 4 rings (SSSR count). The molecule has 35 heavy (non-hydrogen) atoms. The minimum atomic E-state index is -0.382. The maximum Gasteiger partial charge on any atom is 0.246 e. The number of amides is 2. The molecule has 0 aliphatic carbocycles. The molecule has 0 atom stereocenters. The van der Waals surface area contributed by atoms with E-state index >= 15 is 0 Å².